The fourth-order valence-electron chi connectivity index (χ4n) is 1.48. The lowest BCUT2D eigenvalue weighted by atomic mass is 10.2. The maximum Gasteiger partial charge on any atom is 0.208 e. The Balaban J connectivity index is 2.48. The minimum absolute atomic E-state index is 0.0463. The molecule has 0 fully saturated rings. The van der Waals surface area contributed by atoms with Gasteiger partial charge in [0.25, 0.3) is 0 Å². The van der Waals surface area contributed by atoms with E-state index in [-0.39, 0.29) is 15.9 Å². The van der Waals surface area contributed by atoms with Crippen LogP contribution in [0.15, 0.2) is 34.1 Å². The van der Waals surface area contributed by atoms with E-state index in [2.05, 4.69) is 30.5 Å². The van der Waals surface area contributed by atoms with Gasteiger partial charge in [0.2, 0.25) is 5.12 Å². The van der Waals surface area contributed by atoms with Crippen LogP contribution in [0.25, 0.3) is 0 Å². The molecule has 0 aliphatic heterocycles. The summed E-state index contributed by atoms with van der Waals surface area (Å²) in [6, 6.07) is 7.95. The van der Waals surface area contributed by atoms with Crippen molar-refractivity contribution in [1.29, 1.82) is 0 Å². The van der Waals surface area contributed by atoms with E-state index in [1.807, 2.05) is 20.8 Å². The van der Waals surface area contributed by atoms with E-state index >= 15 is 0 Å². The summed E-state index contributed by atoms with van der Waals surface area (Å²) in [5.74, 6) is 0.628. The van der Waals surface area contributed by atoms with Gasteiger partial charge in [0.05, 0.1) is 0 Å². The maximum absolute atomic E-state index is 12.0. The fourth-order valence-corrected chi connectivity index (χ4v) is 4.02. The van der Waals surface area contributed by atoms with Crippen LogP contribution in [-0.2, 0) is 4.79 Å². The largest absolute Gasteiger partial charge is 0.325 e. The molecular formula is C15H22ClNOS3. The van der Waals surface area contributed by atoms with Gasteiger partial charge in [-0.15, -0.1) is 35.1 Å². The van der Waals surface area contributed by atoms with Crippen molar-refractivity contribution in [1.82, 2.24) is 0 Å². The first kappa shape index (κ1) is 19.2. The lowest BCUT2D eigenvalue weighted by molar-refractivity contribution is -0.110. The van der Waals surface area contributed by atoms with Gasteiger partial charge in [0.15, 0.2) is 0 Å². The predicted molar refractivity (Wildman–Crippen MR) is 98.9 cm³/mol. The van der Waals surface area contributed by atoms with E-state index in [0.717, 1.165) is 4.90 Å². The molecule has 0 spiro atoms. The van der Waals surface area contributed by atoms with Gasteiger partial charge in [-0.25, -0.2) is 0 Å². The Morgan fingerprint density at radius 2 is 1.76 bits per heavy atom. The van der Waals surface area contributed by atoms with Gasteiger partial charge >= 0.3 is 0 Å². The highest BCUT2D eigenvalue weighted by Crippen LogP contribution is 2.29. The number of hydrogen-bond acceptors (Lipinski definition) is 5. The van der Waals surface area contributed by atoms with Crippen molar-refractivity contribution in [2.45, 2.75) is 46.7 Å². The normalized spacial score (nSPS) is 14.8. The molecule has 0 saturated carbocycles. The van der Waals surface area contributed by atoms with E-state index in [0.29, 0.717) is 5.75 Å². The third-order valence-electron chi connectivity index (χ3n) is 2.51. The number of nitrogens with two attached hydrogens (primary N) is 1. The molecule has 2 N–H and O–H groups in total. The van der Waals surface area contributed by atoms with Crippen molar-refractivity contribution in [3.63, 3.8) is 0 Å². The van der Waals surface area contributed by atoms with Crippen LogP contribution in [0, 0.1) is 0 Å². The second-order valence-electron chi connectivity index (χ2n) is 5.59. The number of carbonyl (C=O) groups excluding carboxylic acids is 1. The predicted octanol–water partition coefficient (Wildman–Crippen LogP) is 4.49. The van der Waals surface area contributed by atoms with Crippen LogP contribution in [0.1, 0.15) is 20.8 Å². The third-order valence-corrected chi connectivity index (χ3v) is 6.13. The van der Waals surface area contributed by atoms with Crippen molar-refractivity contribution in [3.05, 3.63) is 24.3 Å². The zero-order valence-corrected chi connectivity index (χ0v) is 16.0. The summed E-state index contributed by atoms with van der Waals surface area (Å²) in [5, 5.41) is -0.692. The minimum atomic E-state index is -0.646. The molecule has 1 aromatic carbocycles. The van der Waals surface area contributed by atoms with Gasteiger partial charge in [0, 0.05) is 26.3 Å². The average molecular weight is 364 g/mol. The van der Waals surface area contributed by atoms with Crippen molar-refractivity contribution in [3.8, 4) is 0 Å². The van der Waals surface area contributed by atoms with E-state index in [9.17, 15) is 4.79 Å². The molecule has 118 valence electrons. The molecule has 2 atom stereocenters. The van der Waals surface area contributed by atoms with Gasteiger partial charge in [-0.2, -0.15) is 0 Å². The molecule has 0 radical (unpaired) electrons. The van der Waals surface area contributed by atoms with Gasteiger partial charge in [-0.1, -0.05) is 32.5 Å². The number of rotatable bonds is 6. The summed E-state index contributed by atoms with van der Waals surface area (Å²) in [6.07, 6.45) is 2.05. The lowest BCUT2D eigenvalue weighted by Gasteiger charge is -2.21. The van der Waals surface area contributed by atoms with Crippen molar-refractivity contribution >= 4 is 52.0 Å². The standard InChI is InChI=1S/C15H22ClNOS3/c1-15(2,3)21-14(18)13(16)12(17)9-20-11-7-5-10(19-4)6-8-11/h5-8,12-13H,9,17H2,1-4H3/t12-,13+/m0/s1. The zero-order chi connectivity index (χ0) is 16.0. The van der Waals surface area contributed by atoms with Gasteiger partial charge < -0.3 is 5.73 Å². The van der Waals surface area contributed by atoms with Crippen LogP contribution >= 0.6 is 46.9 Å². The van der Waals surface area contributed by atoms with Gasteiger partial charge in [0.1, 0.15) is 5.38 Å². The molecule has 0 unspecified atom stereocenters. The second-order valence-corrected chi connectivity index (χ2v) is 9.86. The summed E-state index contributed by atoms with van der Waals surface area (Å²) in [6.45, 7) is 5.98. The maximum atomic E-state index is 12.0. The number of carbonyl (C=O) groups is 1. The van der Waals surface area contributed by atoms with E-state index in [4.69, 9.17) is 17.3 Å². The van der Waals surface area contributed by atoms with E-state index in [1.165, 1.54) is 16.7 Å². The third kappa shape index (κ3) is 7.33. The number of alkyl halides is 1. The highest BCUT2D eigenvalue weighted by Gasteiger charge is 2.27. The summed E-state index contributed by atoms with van der Waals surface area (Å²) < 4.78 is -0.134. The van der Waals surface area contributed by atoms with Crippen molar-refractivity contribution in [2.75, 3.05) is 12.0 Å². The van der Waals surface area contributed by atoms with Crippen LogP contribution in [0.5, 0.6) is 0 Å². The lowest BCUT2D eigenvalue weighted by Crippen LogP contribution is -2.38. The highest BCUT2D eigenvalue weighted by molar-refractivity contribution is 8.15. The fraction of sp³-hybridized carbons (Fsp3) is 0.533. The molecule has 0 saturated heterocycles. The Morgan fingerprint density at radius 3 is 2.24 bits per heavy atom. The molecule has 0 amide bonds. The number of halogens is 1. The molecule has 1 rings (SSSR count). The topological polar surface area (TPSA) is 43.1 Å². The molecule has 1 aromatic rings. The molecule has 21 heavy (non-hydrogen) atoms. The second kappa shape index (κ2) is 8.73. The monoisotopic (exact) mass is 363 g/mol. The van der Waals surface area contributed by atoms with Gasteiger partial charge in [-0.05, 0) is 30.5 Å². The Hall–Kier alpha value is 0.190. The molecule has 0 aromatic heterocycles. The number of thioether (sulfide) groups is 3. The first-order valence-corrected chi connectivity index (χ1v) is 10.1. The smallest absolute Gasteiger partial charge is 0.208 e. The van der Waals surface area contributed by atoms with Crippen molar-refractivity contribution in [2.24, 2.45) is 5.73 Å². The SMILES string of the molecule is CSc1ccc(SC[C@H](N)[C@@H](Cl)C(=O)SC(C)(C)C)cc1. The van der Waals surface area contributed by atoms with E-state index < -0.39 is 5.38 Å². The molecular weight excluding hydrogens is 342 g/mol. The zero-order valence-electron chi connectivity index (χ0n) is 12.8. The first-order valence-electron chi connectivity index (χ1n) is 6.62. The highest BCUT2D eigenvalue weighted by atomic mass is 35.5. The average Bonchev–Trinajstić information content (AvgIpc) is 2.42. The van der Waals surface area contributed by atoms with E-state index in [1.54, 1.807) is 23.5 Å². The molecule has 0 bridgehead atoms. The van der Waals surface area contributed by atoms with Crippen LogP contribution in [0.4, 0.5) is 0 Å². The summed E-state index contributed by atoms with van der Waals surface area (Å²) in [5.41, 5.74) is 6.05. The summed E-state index contributed by atoms with van der Waals surface area (Å²) in [4.78, 5) is 14.4. The minimum Gasteiger partial charge on any atom is -0.325 e. The molecule has 0 heterocycles. The molecule has 0 aliphatic rings. The Kier molecular flexibility index (Phi) is 7.99. The quantitative estimate of drug-likeness (QED) is 0.595. The molecule has 0 aliphatic carbocycles. The number of benzene rings is 1. The first-order chi connectivity index (χ1) is 9.73. The Bertz CT molecular complexity index is 459. The number of hydrogen-bond donors (Lipinski definition) is 1. The van der Waals surface area contributed by atoms with Crippen LogP contribution in [0.2, 0.25) is 0 Å². The van der Waals surface area contributed by atoms with Crippen LogP contribution in [0.3, 0.4) is 0 Å². The molecule has 2 nitrogen and oxygen atoms in total. The molecule has 6 heteroatoms. The summed E-state index contributed by atoms with van der Waals surface area (Å²) in [7, 11) is 0. The van der Waals surface area contributed by atoms with Crippen molar-refractivity contribution < 1.29 is 4.79 Å². The Morgan fingerprint density at radius 1 is 1.24 bits per heavy atom. The van der Waals surface area contributed by atoms with Crippen LogP contribution < -0.4 is 5.73 Å². The van der Waals surface area contributed by atoms with Gasteiger partial charge in [-0.3, -0.25) is 4.79 Å². The Labute approximate surface area is 145 Å². The summed E-state index contributed by atoms with van der Waals surface area (Å²) >= 11 is 10.8. The van der Waals surface area contributed by atoms with Crippen LogP contribution in [-0.4, -0.2) is 33.3 Å².